The van der Waals surface area contributed by atoms with Gasteiger partial charge < -0.3 is 10.6 Å². The van der Waals surface area contributed by atoms with Gasteiger partial charge in [0.2, 0.25) is 0 Å². The number of hydrogen-bond acceptors (Lipinski definition) is 2. The van der Waals surface area contributed by atoms with Gasteiger partial charge in [0.15, 0.2) is 0 Å². The minimum Gasteiger partial charge on any atom is -0.352 e. The van der Waals surface area contributed by atoms with Crippen molar-refractivity contribution in [1.82, 2.24) is 10.6 Å². The molecule has 0 aromatic heterocycles. The fraction of sp³-hybridized carbons (Fsp3) is 0.500. The third-order valence-electron chi connectivity index (χ3n) is 3.30. The maximum atomic E-state index is 13.2. The van der Waals surface area contributed by atoms with Gasteiger partial charge in [-0.1, -0.05) is 0 Å². The van der Waals surface area contributed by atoms with E-state index in [9.17, 15) is 9.18 Å². The summed E-state index contributed by atoms with van der Waals surface area (Å²) >= 11 is 0. The van der Waals surface area contributed by atoms with Crippen LogP contribution >= 0.6 is 12.4 Å². The van der Waals surface area contributed by atoms with Crippen LogP contribution in [0.25, 0.3) is 0 Å². The number of carbonyl (C=O) groups is 1. The number of amides is 1. The zero-order chi connectivity index (χ0) is 13.0. The summed E-state index contributed by atoms with van der Waals surface area (Å²) in [6, 6.07) is 4.40. The van der Waals surface area contributed by atoms with Crippen LogP contribution in [0.5, 0.6) is 0 Å². The lowest BCUT2D eigenvalue weighted by Crippen LogP contribution is -2.26. The van der Waals surface area contributed by atoms with Gasteiger partial charge in [-0.15, -0.1) is 12.4 Å². The van der Waals surface area contributed by atoms with E-state index in [1.54, 1.807) is 13.0 Å². The second-order valence-electron chi connectivity index (χ2n) is 4.92. The highest BCUT2D eigenvalue weighted by Gasteiger charge is 2.14. The van der Waals surface area contributed by atoms with Crippen LogP contribution in [0.15, 0.2) is 18.2 Å². The monoisotopic (exact) mass is 286 g/mol. The molecule has 0 bridgehead atoms. The van der Waals surface area contributed by atoms with Crippen LogP contribution in [0.4, 0.5) is 4.39 Å². The maximum Gasteiger partial charge on any atom is 0.251 e. The van der Waals surface area contributed by atoms with Crippen molar-refractivity contribution in [2.45, 2.75) is 19.8 Å². The summed E-state index contributed by atoms with van der Waals surface area (Å²) in [5.74, 6) is 0.100. The summed E-state index contributed by atoms with van der Waals surface area (Å²) < 4.78 is 13.2. The summed E-state index contributed by atoms with van der Waals surface area (Å²) in [5, 5.41) is 6.14. The van der Waals surface area contributed by atoms with Crippen molar-refractivity contribution in [2.75, 3.05) is 19.6 Å². The zero-order valence-corrected chi connectivity index (χ0v) is 11.9. The lowest BCUT2D eigenvalue weighted by molar-refractivity contribution is 0.0951. The first kappa shape index (κ1) is 15.9. The molecule has 1 heterocycles. The van der Waals surface area contributed by atoms with Crippen LogP contribution in [-0.2, 0) is 0 Å². The lowest BCUT2D eigenvalue weighted by atomic mass is 10.1. The van der Waals surface area contributed by atoms with E-state index in [0.717, 1.165) is 25.1 Å². The minimum absolute atomic E-state index is 0. The summed E-state index contributed by atoms with van der Waals surface area (Å²) in [5.41, 5.74) is 1.16. The first-order chi connectivity index (χ1) is 8.65. The van der Waals surface area contributed by atoms with Crippen LogP contribution in [0, 0.1) is 18.7 Å². The number of carbonyl (C=O) groups excluding carboxylic acids is 1. The molecule has 1 aromatic carbocycles. The Morgan fingerprint density at radius 2 is 2.26 bits per heavy atom. The Balaban J connectivity index is 0.00000180. The highest BCUT2D eigenvalue weighted by molar-refractivity contribution is 5.94. The fourth-order valence-electron chi connectivity index (χ4n) is 2.32. The largest absolute Gasteiger partial charge is 0.352 e. The van der Waals surface area contributed by atoms with Crippen molar-refractivity contribution < 1.29 is 9.18 Å². The van der Waals surface area contributed by atoms with Crippen molar-refractivity contribution >= 4 is 18.3 Å². The lowest BCUT2D eigenvalue weighted by Gasteiger charge is -2.09. The Labute approximate surface area is 119 Å². The smallest absolute Gasteiger partial charge is 0.251 e. The first-order valence-electron chi connectivity index (χ1n) is 6.41. The van der Waals surface area contributed by atoms with E-state index in [1.807, 2.05) is 0 Å². The van der Waals surface area contributed by atoms with E-state index in [1.165, 1.54) is 18.6 Å². The van der Waals surface area contributed by atoms with E-state index < -0.39 is 0 Å². The Morgan fingerprint density at radius 1 is 1.47 bits per heavy atom. The van der Waals surface area contributed by atoms with Crippen molar-refractivity contribution in [3.8, 4) is 0 Å². The predicted octanol–water partition coefficient (Wildman–Crippen LogP) is 2.29. The van der Waals surface area contributed by atoms with Crippen LogP contribution in [-0.4, -0.2) is 25.5 Å². The molecule has 0 radical (unpaired) electrons. The molecule has 5 heteroatoms. The third-order valence-corrected chi connectivity index (χ3v) is 3.30. The SMILES string of the molecule is Cc1cc(F)cc(C(=O)NCCC2CCNC2)c1.Cl. The van der Waals surface area contributed by atoms with E-state index in [-0.39, 0.29) is 24.1 Å². The molecule has 1 atom stereocenters. The second kappa shape index (κ2) is 7.46. The number of nitrogens with one attached hydrogen (secondary N) is 2. The molecule has 1 amide bonds. The predicted molar refractivity (Wildman–Crippen MR) is 76.3 cm³/mol. The molecule has 3 nitrogen and oxygen atoms in total. The Bertz CT molecular complexity index is 413. The topological polar surface area (TPSA) is 41.1 Å². The van der Waals surface area contributed by atoms with Crippen LogP contribution in [0.1, 0.15) is 28.8 Å². The third kappa shape index (κ3) is 4.80. The molecule has 1 aliphatic heterocycles. The van der Waals surface area contributed by atoms with E-state index >= 15 is 0 Å². The average Bonchev–Trinajstić information content (AvgIpc) is 2.80. The Morgan fingerprint density at radius 3 is 2.89 bits per heavy atom. The number of hydrogen-bond donors (Lipinski definition) is 2. The van der Waals surface area contributed by atoms with Crippen LogP contribution in [0.3, 0.4) is 0 Å². The quantitative estimate of drug-likeness (QED) is 0.892. The summed E-state index contributed by atoms with van der Waals surface area (Å²) in [7, 11) is 0. The molecule has 1 unspecified atom stereocenters. The van der Waals surface area contributed by atoms with Gasteiger partial charge in [-0.05, 0) is 62.5 Å². The summed E-state index contributed by atoms with van der Waals surface area (Å²) in [6.45, 7) is 4.54. The zero-order valence-electron chi connectivity index (χ0n) is 11.0. The second-order valence-corrected chi connectivity index (χ2v) is 4.92. The standard InChI is InChI=1S/C14H19FN2O.ClH/c1-10-6-12(8-13(15)7-10)14(18)17-5-3-11-2-4-16-9-11;/h6-8,11,16H,2-5,9H2,1H3,(H,17,18);1H. The average molecular weight is 287 g/mol. The van der Waals surface area contributed by atoms with E-state index in [0.29, 0.717) is 18.0 Å². The molecule has 1 saturated heterocycles. The van der Waals surface area contributed by atoms with Crippen LogP contribution in [0.2, 0.25) is 0 Å². The number of aryl methyl sites for hydroxylation is 1. The van der Waals surface area contributed by atoms with Crippen molar-refractivity contribution in [2.24, 2.45) is 5.92 Å². The highest BCUT2D eigenvalue weighted by Crippen LogP contribution is 2.11. The molecule has 1 aromatic rings. The molecule has 19 heavy (non-hydrogen) atoms. The summed E-state index contributed by atoms with van der Waals surface area (Å²) in [4.78, 5) is 11.8. The van der Waals surface area contributed by atoms with Gasteiger partial charge in [-0.3, -0.25) is 4.79 Å². The molecule has 0 spiro atoms. The normalized spacial score (nSPS) is 17.9. The highest BCUT2D eigenvalue weighted by atomic mass is 35.5. The van der Waals surface area contributed by atoms with Crippen LogP contribution < -0.4 is 10.6 Å². The van der Waals surface area contributed by atoms with Gasteiger partial charge >= 0.3 is 0 Å². The van der Waals surface area contributed by atoms with Gasteiger partial charge in [0, 0.05) is 12.1 Å². The molecule has 2 rings (SSSR count). The van der Waals surface area contributed by atoms with E-state index in [2.05, 4.69) is 10.6 Å². The number of benzene rings is 1. The van der Waals surface area contributed by atoms with Gasteiger partial charge in [0.25, 0.3) is 5.91 Å². The van der Waals surface area contributed by atoms with Gasteiger partial charge in [0.1, 0.15) is 5.82 Å². The van der Waals surface area contributed by atoms with Crippen molar-refractivity contribution in [3.63, 3.8) is 0 Å². The molecule has 0 saturated carbocycles. The number of halogens is 2. The number of rotatable bonds is 4. The molecular weight excluding hydrogens is 267 g/mol. The minimum atomic E-state index is -0.361. The maximum absolute atomic E-state index is 13.2. The van der Waals surface area contributed by atoms with Crippen molar-refractivity contribution in [1.29, 1.82) is 0 Å². The molecule has 106 valence electrons. The molecule has 1 fully saturated rings. The summed E-state index contributed by atoms with van der Waals surface area (Å²) in [6.07, 6.45) is 2.15. The Hall–Kier alpha value is -1.13. The first-order valence-corrected chi connectivity index (χ1v) is 6.41. The van der Waals surface area contributed by atoms with Gasteiger partial charge in [0.05, 0.1) is 0 Å². The molecular formula is C14H20ClFN2O. The Kier molecular flexibility index (Phi) is 6.25. The van der Waals surface area contributed by atoms with Gasteiger partial charge in [-0.2, -0.15) is 0 Å². The van der Waals surface area contributed by atoms with Crippen molar-refractivity contribution in [3.05, 3.63) is 35.1 Å². The van der Waals surface area contributed by atoms with Gasteiger partial charge in [-0.25, -0.2) is 4.39 Å². The molecule has 2 N–H and O–H groups in total. The molecule has 1 aliphatic rings. The van der Waals surface area contributed by atoms with E-state index in [4.69, 9.17) is 0 Å². The fourth-order valence-corrected chi connectivity index (χ4v) is 2.32. The molecule has 0 aliphatic carbocycles.